The molecule has 1 aromatic carbocycles. The molecule has 1 N–H and O–H groups in total. The second-order valence-electron chi connectivity index (χ2n) is 7.88. The van der Waals surface area contributed by atoms with E-state index in [-0.39, 0.29) is 18.5 Å². The van der Waals surface area contributed by atoms with Crippen LogP contribution < -0.4 is 5.32 Å². The molecule has 6 heteroatoms. The van der Waals surface area contributed by atoms with Crippen LogP contribution in [0.25, 0.3) is 0 Å². The van der Waals surface area contributed by atoms with Gasteiger partial charge in [-0.2, -0.15) is 5.10 Å². The molecule has 2 aromatic rings. The molecule has 4 rings (SSSR count). The molecule has 0 bridgehead atoms. The molecule has 2 aliphatic carbocycles. The minimum Gasteiger partial charge on any atom is -0.455 e. The van der Waals surface area contributed by atoms with Crippen molar-refractivity contribution < 1.29 is 14.3 Å². The second-order valence-corrected chi connectivity index (χ2v) is 7.88. The summed E-state index contributed by atoms with van der Waals surface area (Å²) in [5, 5.41) is 7.20. The second kappa shape index (κ2) is 8.17. The van der Waals surface area contributed by atoms with Crippen LogP contribution >= 0.6 is 0 Å². The van der Waals surface area contributed by atoms with Crippen LogP contribution in [0, 0.1) is 0 Å². The summed E-state index contributed by atoms with van der Waals surface area (Å²) in [4.78, 5) is 25.3. The number of carbonyl (C=O) groups excluding carboxylic acids is 2. The quantitative estimate of drug-likeness (QED) is 0.768. The van der Waals surface area contributed by atoms with Gasteiger partial charge in [-0.3, -0.25) is 9.59 Å². The minimum atomic E-state index is -0.618. The summed E-state index contributed by atoms with van der Waals surface area (Å²) in [7, 11) is 0. The highest BCUT2D eigenvalue weighted by Gasteiger charge is 2.44. The Bertz CT molecular complexity index is 819. The first-order valence-electron chi connectivity index (χ1n) is 10.3. The molecule has 6 nitrogen and oxygen atoms in total. The Morgan fingerprint density at radius 1 is 1.07 bits per heavy atom. The average Bonchev–Trinajstić information content (AvgIpc) is 3.48. The molecule has 0 radical (unpaired) electrons. The number of ether oxygens (including phenoxy) is 1. The third-order valence-electron chi connectivity index (χ3n) is 6.12. The van der Waals surface area contributed by atoms with Crippen molar-refractivity contribution >= 4 is 17.7 Å². The van der Waals surface area contributed by atoms with Gasteiger partial charge in [0.25, 0.3) is 5.91 Å². The number of nitrogens with zero attached hydrogens (tertiary/aromatic N) is 2. The Kier molecular flexibility index (Phi) is 5.46. The van der Waals surface area contributed by atoms with Crippen LogP contribution in [-0.4, -0.2) is 28.3 Å². The molecule has 1 amide bonds. The van der Waals surface area contributed by atoms with Gasteiger partial charge in [0.15, 0.2) is 6.61 Å². The number of anilines is 1. The van der Waals surface area contributed by atoms with Crippen LogP contribution in [0.4, 0.5) is 5.82 Å². The fraction of sp³-hybridized carbons (Fsp3) is 0.500. The number of carbonyl (C=O) groups is 2. The molecule has 0 saturated heterocycles. The van der Waals surface area contributed by atoms with Gasteiger partial charge in [0, 0.05) is 6.07 Å². The number of hydrogen-bond acceptors (Lipinski definition) is 4. The van der Waals surface area contributed by atoms with Crippen LogP contribution in [0.2, 0.25) is 0 Å². The van der Waals surface area contributed by atoms with Gasteiger partial charge >= 0.3 is 5.97 Å². The predicted molar refractivity (Wildman–Crippen MR) is 106 cm³/mol. The fourth-order valence-corrected chi connectivity index (χ4v) is 4.65. The van der Waals surface area contributed by atoms with Gasteiger partial charge in [-0.15, -0.1) is 0 Å². The highest BCUT2D eigenvalue weighted by Crippen LogP contribution is 2.42. The lowest BCUT2D eigenvalue weighted by atomic mass is 9.79. The molecule has 0 unspecified atom stereocenters. The molecule has 2 aliphatic rings. The van der Waals surface area contributed by atoms with Crippen molar-refractivity contribution in [1.82, 2.24) is 9.78 Å². The Labute approximate surface area is 165 Å². The first-order valence-corrected chi connectivity index (χ1v) is 10.3. The molecule has 0 atom stereocenters. The number of benzene rings is 1. The highest BCUT2D eigenvalue weighted by atomic mass is 16.5. The number of hydrogen-bond donors (Lipinski definition) is 1. The van der Waals surface area contributed by atoms with Gasteiger partial charge in [0.1, 0.15) is 5.82 Å². The largest absolute Gasteiger partial charge is 0.455 e. The zero-order chi connectivity index (χ0) is 19.4. The number of aromatic nitrogens is 2. The topological polar surface area (TPSA) is 73.2 Å². The zero-order valence-electron chi connectivity index (χ0n) is 16.1. The van der Waals surface area contributed by atoms with Crippen LogP contribution in [0.1, 0.15) is 63.0 Å². The number of amides is 1. The average molecular weight is 381 g/mol. The smallest absolute Gasteiger partial charge is 0.317 e. The summed E-state index contributed by atoms with van der Waals surface area (Å²) in [5.41, 5.74) is 0.366. The van der Waals surface area contributed by atoms with Crippen molar-refractivity contribution in [2.24, 2.45) is 0 Å². The lowest BCUT2D eigenvalue weighted by Gasteiger charge is -2.27. The summed E-state index contributed by atoms with van der Waals surface area (Å²) >= 11 is 0. The minimum absolute atomic E-state index is 0.275. The standard InChI is InChI=1S/C22H27N3O3/c26-20(24-19-12-15-23-25(19)18-10-4-5-11-18)16-28-21(27)22(13-6-7-14-22)17-8-2-1-3-9-17/h1-3,8-9,12,15,18H,4-7,10-11,13-14,16H2,(H,24,26). The van der Waals surface area contributed by atoms with Crippen LogP contribution in [-0.2, 0) is 19.7 Å². The molecule has 28 heavy (non-hydrogen) atoms. The normalized spacial score (nSPS) is 18.9. The summed E-state index contributed by atoms with van der Waals surface area (Å²) in [6.07, 6.45) is 9.78. The van der Waals surface area contributed by atoms with Crippen LogP contribution in [0.5, 0.6) is 0 Å². The van der Waals surface area contributed by atoms with Gasteiger partial charge in [-0.05, 0) is 31.2 Å². The van der Waals surface area contributed by atoms with E-state index in [0.717, 1.165) is 44.1 Å². The summed E-state index contributed by atoms with van der Waals surface area (Å²) in [6.45, 7) is -0.275. The Morgan fingerprint density at radius 3 is 2.50 bits per heavy atom. The number of nitrogens with one attached hydrogen (secondary N) is 1. The maximum absolute atomic E-state index is 12.9. The molecule has 0 aliphatic heterocycles. The van der Waals surface area contributed by atoms with E-state index in [1.54, 1.807) is 12.3 Å². The van der Waals surface area contributed by atoms with E-state index in [1.165, 1.54) is 12.8 Å². The van der Waals surface area contributed by atoms with Gasteiger partial charge < -0.3 is 10.1 Å². The van der Waals surface area contributed by atoms with Crippen molar-refractivity contribution in [2.45, 2.75) is 62.8 Å². The Hall–Kier alpha value is -2.63. The number of rotatable bonds is 6. The van der Waals surface area contributed by atoms with Crippen LogP contribution in [0.3, 0.4) is 0 Å². The summed E-state index contributed by atoms with van der Waals surface area (Å²) in [6, 6.07) is 11.9. The van der Waals surface area contributed by atoms with Crippen molar-refractivity contribution in [3.8, 4) is 0 Å². The molecule has 2 saturated carbocycles. The van der Waals surface area contributed by atoms with Gasteiger partial charge in [0.2, 0.25) is 0 Å². The lowest BCUT2D eigenvalue weighted by molar-refractivity contribution is -0.153. The van der Waals surface area contributed by atoms with E-state index in [4.69, 9.17) is 4.74 Å². The van der Waals surface area contributed by atoms with E-state index in [2.05, 4.69) is 10.4 Å². The molecule has 1 heterocycles. The monoisotopic (exact) mass is 381 g/mol. The first kappa shape index (κ1) is 18.7. The van der Waals surface area contributed by atoms with E-state index in [9.17, 15) is 9.59 Å². The maximum Gasteiger partial charge on any atom is 0.317 e. The molecule has 1 aromatic heterocycles. The van der Waals surface area contributed by atoms with Crippen molar-refractivity contribution in [2.75, 3.05) is 11.9 Å². The molecular weight excluding hydrogens is 354 g/mol. The summed E-state index contributed by atoms with van der Waals surface area (Å²) < 4.78 is 7.36. The van der Waals surface area contributed by atoms with E-state index < -0.39 is 5.41 Å². The molecule has 2 fully saturated rings. The maximum atomic E-state index is 12.9. The van der Waals surface area contributed by atoms with Gasteiger partial charge in [-0.25, -0.2) is 4.68 Å². The predicted octanol–water partition coefficient (Wildman–Crippen LogP) is 3.99. The highest BCUT2D eigenvalue weighted by molar-refractivity contribution is 5.93. The van der Waals surface area contributed by atoms with E-state index in [0.29, 0.717) is 11.9 Å². The SMILES string of the molecule is O=C(COC(=O)C1(c2ccccc2)CCCC1)Nc1ccnn1C1CCCC1. The van der Waals surface area contributed by atoms with Gasteiger partial charge in [-0.1, -0.05) is 56.0 Å². The molecular formula is C22H27N3O3. The van der Waals surface area contributed by atoms with Gasteiger partial charge in [0.05, 0.1) is 17.7 Å². The third kappa shape index (κ3) is 3.68. The van der Waals surface area contributed by atoms with Crippen molar-refractivity contribution in [1.29, 1.82) is 0 Å². The Balaban J connectivity index is 1.38. The lowest BCUT2D eigenvalue weighted by Crippen LogP contribution is -2.36. The van der Waals surface area contributed by atoms with E-state index >= 15 is 0 Å². The van der Waals surface area contributed by atoms with Crippen LogP contribution in [0.15, 0.2) is 42.6 Å². The number of esters is 1. The summed E-state index contributed by atoms with van der Waals surface area (Å²) in [5.74, 6) is 0.0524. The van der Waals surface area contributed by atoms with E-state index in [1.807, 2.05) is 35.0 Å². The molecule has 148 valence electrons. The Morgan fingerprint density at radius 2 is 1.79 bits per heavy atom. The first-order chi connectivity index (χ1) is 13.7. The fourth-order valence-electron chi connectivity index (χ4n) is 4.65. The third-order valence-corrected chi connectivity index (χ3v) is 6.12. The van der Waals surface area contributed by atoms with Crippen molar-refractivity contribution in [3.05, 3.63) is 48.2 Å². The molecule has 0 spiro atoms. The van der Waals surface area contributed by atoms with Crippen molar-refractivity contribution in [3.63, 3.8) is 0 Å². The zero-order valence-corrected chi connectivity index (χ0v) is 16.1.